The summed E-state index contributed by atoms with van der Waals surface area (Å²) < 4.78 is 5.94. The smallest absolute Gasteiger partial charge is 0.257 e. The van der Waals surface area contributed by atoms with Gasteiger partial charge in [0.2, 0.25) is 0 Å². The number of ether oxygens (including phenoxy) is 1. The van der Waals surface area contributed by atoms with Crippen LogP contribution in [0.15, 0.2) is 53.0 Å². The molecule has 2 N–H and O–H groups in total. The molecule has 2 aromatic carbocycles. The van der Waals surface area contributed by atoms with E-state index in [-0.39, 0.29) is 5.91 Å². The maximum absolute atomic E-state index is 12.0. The summed E-state index contributed by atoms with van der Waals surface area (Å²) in [7, 11) is 1.62. The van der Waals surface area contributed by atoms with Crippen molar-refractivity contribution >= 4 is 39.2 Å². The highest BCUT2D eigenvalue weighted by molar-refractivity contribution is 9.10. The van der Waals surface area contributed by atoms with Crippen molar-refractivity contribution in [2.24, 2.45) is 0 Å². The Morgan fingerprint density at radius 2 is 1.95 bits per heavy atom. The zero-order chi connectivity index (χ0) is 15.9. The Bertz CT molecular complexity index is 674. The number of hydrogen-bond donors (Lipinski definition) is 2. The molecule has 2 rings (SSSR count). The van der Waals surface area contributed by atoms with E-state index >= 15 is 0 Å². The summed E-state index contributed by atoms with van der Waals surface area (Å²) in [6, 6.07) is 14.7. The summed E-state index contributed by atoms with van der Waals surface area (Å²) in [6.45, 7) is 0.529. The van der Waals surface area contributed by atoms with Crippen molar-refractivity contribution < 1.29 is 9.53 Å². The van der Waals surface area contributed by atoms with Crippen molar-refractivity contribution in [1.29, 1.82) is 0 Å². The summed E-state index contributed by atoms with van der Waals surface area (Å²) in [5, 5.41) is 5.94. The molecule has 0 heterocycles. The van der Waals surface area contributed by atoms with Crippen LogP contribution in [0.25, 0.3) is 0 Å². The number of amides is 1. The fraction of sp³-hybridized carbons (Fsp3) is 0.125. The molecule has 4 nitrogen and oxygen atoms in total. The number of carbonyl (C=O) groups is 1. The third-order valence-electron chi connectivity index (χ3n) is 2.93. The van der Waals surface area contributed by atoms with Crippen LogP contribution >= 0.6 is 28.1 Å². The molecule has 0 atom stereocenters. The maximum atomic E-state index is 12.0. The summed E-state index contributed by atoms with van der Waals surface area (Å²) >= 11 is 8.46. The first kappa shape index (κ1) is 16.5. The van der Waals surface area contributed by atoms with Gasteiger partial charge in [-0.1, -0.05) is 34.1 Å². The van der Waals surface area contributed by atoms with E-state index in [1.165, 1.54) is 0 Å². The summed E-state index contributed by atoms with van der Waals surface area (Å²) in [5.74, 6) is 0.558. The third-order valence-corrected chi connectivity index (χ3v) is 3.67. The average Bonchev–Trinajstić information content (AvgIpc) is 2.53. The van der Waals surface area contributed by atoms with Crippen LogP contribution in [0.3, 0.4) is 0 Å². The molecule has 22 heavy (non-hydrogen) atoms. The van der Waals surface area contributed by atoms with Crippen molar-refractivity contribution in [3.05, 3.63) is 64.1 Å². The number of nitrogens with one attached hydrogen (secondary N) is 2. The third kappa shape index (κ3) is 4.82. The van der Waals surface area contributed by atoms with Crippen LogP contribution in [0.5, 0.6) is 5.75 Å². The van der Waals surface area contributed by atoms with E-state index in [1.54, 1.807) is 25.3 Å². The van der Waals surface area contributed by atoms with Gasteiger partial charge in [0.15, 0.2) is 5.11 Å². The molecule has 0 saturated heterocycles. The van der Waals surface area contributed by atoms with E-state index in [9.17, 15) is 4.79 Å². The Morgan fingerprint density at radius 1 is 1.23 bits per heavy atom. The summed E-state index contributed by atoms with van der Waals surface area (Å²) in [5.41, 5.74) is 1.59. The molecule has 0 fully saturated rings. The van der Waals surface area contributed by atoms with Crippen LogP contribution in [0.1, 0.15) is 15.9 Å². The van der Waals surface area contributed by atoms with Gasteiger partial charge in [-0.15, -0.1) is 0 Å². The van der Waals surface area contributed by atoms with Gasteiger partial charge in [0.25, 0.3) is 5.91 Å². The first-order valence-electron chi connectivity index (χ1n) is 6.56. The van der Waals surface area contributed by atoms with Crippen molar-refractivity contribution in [2.75, 3.05) is 7.11 Å². The fourth-order valence-corrected chi connectivity index (χ4v) is 2.34. The van der Waals surface area contributed by atoms with Gasteiger partial charge in [0.05, 0.1) is 7.11 Å². The zero-order valence-electron chi connectivity index (χ0n) is 11.9. The normalized spacial score (nSPS) is 9.91. The lowest BCUT2D eigenvalue weighted by molar-refractivity contribution is 0.0976. The molecular formula is C16H15BrN2O2S. The van der Waals surface area contributed by atoms with E-state index in [0.29, 0.717) is 17.2 Å². The summed E-state index contributed by atoms with van der Waals surface area (Å²) in [4.78, 5) is 12.0. The van der Waals surface area contributed by atoms with Gasteiger partial charge < -0.3 is 10.1 Å². The molecule has 0 aliphatic heterocycles. The predicted molar refractivity (Wildman–Crippen MR) is 94.0 cm³/mol. The van der Waals surface area contributed by atoms with E-state index in [4.69, 9.17) is 17.0 Å². The number of carbonyl (C=O) groups excluding carboxylic acids is 1. The minimum atomic E-state index is -0.242. The number of thiocarbonyl (C=S) groups is 1. The topological polar surface area (TPSA) is 50.4 Å². The number of methoxy groups -OCH3 is 1. The minimum absolute atomic E-state index is 0.242. The van der Waals surface area contributed by atoms with Crippen molar-refractivity contribution in [3.63, 3.8) is 0 Å². The first-order valence-corrected chi connectivity index (χ1v) is 7.76. The van der Waals surface area contributed by atoms with Gasteiger partial charge in [-0.05, 0) is 48.1 Å². The molecular weight excluding hydrogens is 364 g/mol. The average molecular weight is 379 g/mol. The first-order chi connectivity index (χ1) is 10.6. The standard InChI is InChI=1S/C16H15BrN2O2S/c1-21-14-7-5-11(6-8-14)10-18-16(22)19-15(20)12-3-2-4-13(17)9-12/h2-9H,10H2,1H3,(H2,18,19,20,22). The molecule has 1 amide bonds. The number of halogens is 1. The second-order valence-electron chi connectivity index (χ2n) is 4.50. The van der Waals surface area contributed by atoms with Crippen molar-refractivity contribution in [2.45, 2.75) is 6.54 Å². The predicted octanol–water partition coefficient (Wildman–Crippen LogP) is 3.26. The SMILES string of the molecule is COc1ccc(CNC(=S)NC(=O)c2cccc(Br)c2)cc1. The second kappa shape index (κ2) is 7.91. The fourth-order valence-electron chi connectivity index (χ4n) is 1.77. The molecule has 6 heteroatoms. The van der Waals surface area contributed by atoms with Crippen LogP contribution in [0.4, 0.5) is 0 Å². The molecule has 114 valence electrons. The van der Waals surface area contributed by atoms with E-state index in [2.05, 4.69) is 26.6 Å². The van der Waals surface area contributed by atoms with Crippen molar-refractivity contribution in [3.8, 4) is 5.75 Å². The molecule has 0 aromatic heterocycles. The van der Waals surface area contributed by atoms with Gasteiger partial charge in [0, 0.05) is 16.6 Å². The van der Waals surface area contributed by atoms with Gasteiger partial charge >= 0.3 is 0 Å². The zero-order valence-corrected chi connectivity index (χ0v) is 14.3. The van der Waals surface area contributed by atoms with E-state index in [0.717, 1.165) is 15.8 Å². The lowest BCUT2D eigenvalue weighted by Gasteiger charge is -2.10. The van der Waals surface area contributed by atoms with Gasteiger partial charge in [-0.25, -0.2) is 0 Å². The Kier molecular flexibility index (Phi) is 5.91. The van der Waals surface area contributed by atoms with Crippen LogP contribution in [-0.4, -0.2) is 18.1 Å². The molecule has 0 saturated carbocycles. The highest BCUT2D eigenvalue weighted by atomic mass is 79.9. The molecule has 2 aromatic rings. The monoisotopic (exact) mass is 378 g/mol. The van der Waals surface area contributed by atoms with Gasteiger partial charge in [0.1, 0.15) is 5.75 Å². The molecule has 0 unspecified atom stereocenters. The Morgan fingerprint density at radius 3 is 2.59 bits per heavy atom. The van der Waals surface area contributed by atoms with E-state index < -0.39 is 0 Å². The minimum Gasteiger partial charge on any atom is -0.497 e. The Balaban J connectivity index is 1.85. The molecule has 0 bridgehead atoms. The Hall–Kier alpha value is -1.92. The van der Waals surface area contributed by atoms with Crippen LogP contribution < -0.4 is 15.4 Å². The summed E-state index contributed by atoms with van der Waals surface area (Å²) in [6.07, 6.45) is 0. The quantitative estimate of drug-likeness (QED) is 0.801. The molecule has 0 radical (unpaired) electrons. The van der Waals surface area contributed by atoms with Crippen LogP contribution in [-0.2, 0) is 6.54 Å². The Labute approximate surface area is 143 Å². The van der Waals surface area contributed by atoms with Gasteiger partial charge in [-0.3, -0.25) is 10.1 Å². The largest absolute Gasteiger partial charge is 0.497 e. The van der Waals surface area contributed by atoms with E-state index in [1.807, 2.05) is 30.3 Å². The highest BCUT2D eigenvalue weighted by Crippen LogP contribution is 2.12. The second-order valence-corrected chi connectivity index (χ2v) is 5.82. The highest BCUT2D eigenvalue weighted by Gasteiger charge is 2.07. The lowest BCUT2D eigenvalue weighted by Crippen LogP contribution is -2.38. The molecule has 0 aliphatic carbocycles. The van der Waals surface area contributed by atoms with Gasteiger partial charge in [-0.2, -0.15) is 0 Å². The van der Waals surface area contributed by atoms with Crippen molar-refractivity contribution in [1.82, 2.24) is 10.6 Å². The number of rotatable bonds is 4. The van der Waals surface area contributed by atoms with Crippen LogP contribution in [0, 0.1) is 0 Å². The number of hydrogen-bond acceptors (Lipinski definition) is 3. The lowest BCUT2D eigenvalue weighted by atomic mass is 10.2. The molecule has 0 aliphatic rings. The maximum Gasteiger partial charge on any atom is 0.257 e. The number of benzene rings is 2. The molecule has 0 spiro atoms. The van der Waals surface area contributed by atoms with Crippen LogP contribution in [0.2, 0.25) is 0 Å².